The van der Waals surface area contributed by atoms with Gasteiger partial charge in [-0.05, 0) is 67.7 Å². The first-order chi connectivity index (χ1) is 18.1. The summed E-state index contributed by atoms with van der Waals surface area (Å²) >= 11 is 0. The fourth-order valence-electron chi connectivity index (χ4n) is 3.98. The summed E-state index contributed by atoms with van der Waals surface area (Å²) in [7, 11) is 2.13. The molecule has 5 rings (SSSR count). The molecule has 37 heavy (non-hydrogen) atoms. The molecule has 1 aromatic heterocycles. The number of nitrogens with one attached hydrogen (secondary N) is 1. The second-order valence-electron chi connectivity index (χ2n) is 8.87. The third-order valence-electron chi connectivity index (χ3n) is 6.11. The molecule has 0 spiro atoms. The van der Waals surface area contributed by atoms with Crippen molar-refractivity contribution < 1.29 is 14.3 Å². The molecule has 0 bridgehead atoms. The van der Waals surface area contributed by atoms with Crippen LogP contribution in [0.3, 0.4) is 0 Å². The number of ether oxygens (including phenoxy) is 2. The lowest BCUT2D eigenvalue weighted by Crippen LogP contribution is -2.44. The minimum absolute atomic E-state index is 0.0974. The molecule has 188 valence electrons. The van der Waals surface area contributed by atoms with Crippen LogP contribution >= 0.6 is 0 Å². The first-order valence-corrected chi connectivity index (χ1v) is 12.3. The van der Waals surface area contributed by atoms with Gasteiger partial charge in [-0.1, -0.05) is 30.3 Å². The minimum atomic E-state index is -0.242. The highest BCUT2D eigenvalue weighted by Crippen LogP contribution is 2.24. The lowest BCUT2D eigenvalue weighted by atomic mass is 10.1. The van der Waals surface area contributed by atoms with E-state index in [4.69, 9.17) is 9.47 Å². The van der Waals surface area contributed by atoms with Crippen LogP contribution in [-0.4, -0.2) is 60.8 Å². The van der Waals surface area contributed by atoms with E-state index >= 15 is 0 Å². The first-order valence-electron chi connectivity index (χ1n) is 12.3. The van der Waals surface area contributed by atoms with Gasteiger partial charge in [0.15, 0.2) is 12.4 Å². The Bertz CT molecular complexity index is 1290. The summed E-state index contributed by atoms with van der Waals surface area (Å²) in [5, 5.41) is 11.7. The zero-order valence-electron chi connectivity index (χ0n) is 20.7. The van der Waals surface area contributed by atoms with E-state index in [1.807, 2.05) is 66.7 Å². The summed E-state index contributed by atoms with van der Waals surface area (Å²) in [6.45, 7) is 3.86. The molecule has 2 heterocycles. The predicted octanol–water partition coefficient (Wildman–Crippen LogP) is 4.71. The van der Waals surface area contributed by atoms with Gasteiger partial charge in [0.1, 0.15) is 17.2 Å². The third kappa shape index (κ3) is 6.62. The highest BCUT2D eigenvalue weighted by molar-refractivity contribution is 5.92. The van der Waals surface area contributed by atoms with Crippen molar-refractivity contribution in [3.05, 3.63) is 91.0 Å². The van der Waals surface area contributed by atoms with Gasteiger partial charge in [0.2, 0.25) is 0 Å². The van der Waals surface area contributed by atoms with E-state index in [0.717, 1.165) is 49.0 Å². The van der Waals surface area contributed by atoms with Crippen molar-refractivity contribution in [3.8, 4) is 28.5 Å². The van der Waals surface area contributed by atoms with Gasteiger partial charge in [-0.2, -0.15) is 0 Å². The maximum absolute atomic E-state index is 12.4. The van der Waals surface area contributed by atoms with Crippen LogP contribution in [0.2, 0.25) is 0 Å². The van der Waals surface area contributed by atoms with Gasteiger partial charge in [0.05, 0.1) is 5.69 Å². The number of carbonyl (C=O) groups excluding carboxylic acids is 1. The molecule has 0 saturated carbocycles. The molecule has 0 atom stereocenters. The molecule has 1 amide bonds. The molecule has 0 aliphatic carbocycles. The van der Waals surface area contributed by atoms with Gasteiger partial charge < -0.3 is 24.6 Å². The number of aromatic nitrogens is 2. The number of anilines is 2. The van der Waals surface area contributed by atoms with Crippen molar-refractivity contribution >= 4 is 17.4 Å². The van der Waals surface area contributed by atoms with Crippen molar-refractivity contribution in [1.29, 1.82) is 0 Å². The van der Waals surface area contributed by atoms with Crippen molar-refractivity contribution in [2.45, 2.75) is 0 Å². The lowest BCUT2D eigenvalue weighted by molar-refractivity contribution is -0.118. The molecule has 1 N–H and O–H groups in total. The number of hydrogen-bond acceptors (Lipinski definition) is 7. The maximum Gasteiger partial charge on any atom is 0.262 e. The van der Waals surface area contributed by atoms with Gasteiger partial charge in [-0.15, -0.1) is 10.2 Å². The number of hydrogen-bond donors (Lipinski definition) is 1. The largest absolute Gasteiger partial charge is 0.484 e. The van der Waals surface area contributed by atoms with Gasteiger partial charge in [-0.25, -0.2) is 0 Å². The van der Waals surface area contributed by atoms with Gasteiger partial charge in [-0.3, -0.25) is 4.79 Å². The van der Waals surface area contributed by atoms with E-state index in [0.29, 0.717) is 17.2 Å². The average Bonchev–Trinajstić information content (AvgIpc) is 2.94. The fourth-order valence-corrected chi connectivity index (χ4v) is 3.98. The van der Waals surface area contributed by atoms with Crippen LogP contribution in [0, 0.1) is 0 Å². The first kappa shape index (κ1) is 24.3. The van der Waals surface area contributed by atoms with Crippen LogP contribution in [0.25, 0.3) is 11.3 Å². The Morgan fingerprint density at radius 3 is 2.14 bits per heavy atom. The Hall–Kier alpha value is -4.43. The lowest BCUT2D eigenvalue weighted by Gasteiger charge is -2.32. The third-order valence-corrected chi connectivity index (χ3v) is 6.11. The van der Waals surface area contributed by atoms with Crippen molar-refractivity contribution in [1.82, 2.24) is 15.1 Å². The normalized spacial score (nSPS) is 13.7. The summed E-state index contributed by atoms with van der Waals surface area (Å²) in [5.41, 5.74) is 2.41. The van der Waals surface area contributed by atoms with Crippen LogP contribution in [0.15, 0.2) is 91.0 Å². The van der Waals surface area contributed by atoms with Crippen LogP contribution in [0.5, 0.6) is 17.2 Å². The topological polar surface area (TPSA) is 79.8 Å². The Balaban J connectivity index is 1.10. The minimum Gasteiger partial charge on any atom is -0.484 e. The molecule has 1 aliphatic rings. The molecular formula is C29H29N5O3. The van der Waals surface area contributed by atoms with E-state index < -0.39 is 0 Å². The number of carbonyl (C=O) groups is 1. The number of likely N-dealkylation sites (N-methyl/N-ethyl adjacent to an activating group) is 1. The SMILES string of the molecule is CN1CCN(c2ccc(-c3ccc(NC(=O)COc4ccc(Oc5ccccc5)cc4)cc3)nn2)CC1. The molecule has 1 saturated heterocycles. The Kier molecular flexibility index (Phi) is 7.57. The molecule has 0 unspecified atom stereocenters. The summed E-state index contributed by atoms with van der Waals surface area (Å²) in [6, 6.07) is 28.2. The zero-order valence-corrected chi connectivity index (χ0v) is 20.7. The second kappa shape index (κ2) is 11.5. The summed E-state index contributed by atoms with van der Waals surface area (Å²) in [5.74, 6) is 2.70. The van der Waals surface area contributed by atoms with E-state index in [1.54, 1.807) is 24.3 Å². The Morgan fingerprint density at radius 2 is 1.46 bits per heavy atom. The standard InChI is InChI=1S/C29H29N5O3/c1-33-17-19-34(20-18-33)28-16-15-27(31-32-28)22-7-9-23(10-8-22)30-29(35)21-36-24-11-13-26(14-12-24)37-25-5-3-2-4-6-25/h2-16H,17-21H2,1H3,(H,30,35). The molecular weight excluding hydrogens is 466 g/mol. The molecule has 8 heteroatoms. The Morgan fingerprint density at radius 1 is 0.784 bits per heavy atom. The smallest absolute Gasteiger partial charge is 0.262 e. The maximum atomic E-state index is 12.4. The summed E-state index contributed by atoms with van der Waals surface area (Å²) in [4.78, 5) is 16.9. The van der Waals surface area contributed by atoms with E-state index in [9.17, 15) is 4.79 Å². The van der Waals surface area contributed by atoms with Crippen LogP contribution in [-0.2, 0) is 4.79 Å². The molecule has 1 fully saturated rings. The summed E-state index contributed by atoms with van der Waals surface area (Å²) in [6.07, 6.45) is 0. The van der Waals surface area contributed by atoms with Gasteiger partial charge >= 0.3 is 0 Å². The number of amides is 1. The Labute approximate surface area is 216 Å². The highest BCUT2D eigenvalue weighted by atomic mass is 16.5. The zero-order chi connectivity index (χ0) is 25.5. The van der Waals surface area contributed by atoms with Crippen LogP contribution < -0.4 is 19.7 Å². The monoisotopic (exact) mass is 495 g/mol. The number of rotatable bonds is 8. The number of piperazine rings is 1. The van der Waals surface area contributed by atoms with Crippen molar-refractivity contribution in [2.24, 2.45) is 0 Å². The average molecular weight is 496 g/mol. The van der Waals surface area contributed by atoms with E-state index in [1.165, 1.54) is 0 Å². The number of nitrogens with zero attached hydrogens (tertiary/aromatic N) is 4. The van der Waals surface area contributed by atoms with Crippen LogP contribution in [0.4, 0.5) is 11.5 Å². The van der Waals surface area contributed by atoms with Gasteiger partial charge in [0, 0.05) is 37.4 Å². The molecule has 0 radical (unpaired) electrons. The fraction of sp³-hybridized carbons (Fsp3) is 0.207. The summed E-state index contributed by atoms with van der Waals surface area (Å²) < 4.78 is 11.4. The van der Waals surface area contributed by atoms with Gasteiger partial charge in [0.25, 0.3) is 5.91 Å². The number of benzene rings is 3. The molecule has 3 aromatic carbocycles. The van der Waals surface area contributed by atoms with Crippen LogP contribution in [0.1, 0.15) is 0 Å². The van der Waals surface area contributed by atoms with Crippen molar-refractivity contribution in [2.75, 3.05) is 50.1 Å². The van der Waals surface area contributed by atoms with Crippen molar-refractivity contribution in [3.63, 3.8) is 0 Å². The highest BCUT2D eigenvalue weighted by Gasteiger charge is 2.15. The van der Waals surface area contributed by atoms with E-state index in [2.05, 4.69) is 32.4 Å². The number of para-hydroxylation sites is 1. The second-order valence-corrected chi connectivity index (χ2v) is 8.87. The molecule has 1 aliphatic heterocycles. The molecule has 8 nitrogen and oxygen atoms in total. The predicted molar refractivity (Wildman–Crippen MR) is 144 cm³/mol. The van der Waals surface area contributed by atoms with E-state index in [-0.39, 0.29) is 12.5 Å². The molecule has 4 aromatic rings. The quantitative estimate of drug-likeness (QED) is 0.379.